The van der Waals surface area contributed by atoms with E-state index in [1.165, 1.54) is 0 Å². The highest BCUT2D eigenvalue weighted by Crippen LogP contribution is 2.43. The Morgan fingerprint density at radius 2 is 1.73 bits per heavy atom. The fourth-order valence-electron chi connectivity index (χ4n) is 4.50. The lowest BCUT2D eigenvalue weighted by molar-refractivity contribution is -0.120. The number of aromatic nitrogens is 2. The Balaban J connectivity index is 1.80. The second-order valence-corrected chi connectivity index (χ2v) is 9.57. The van der Waals surface area contributed by atoms with Gasteiger partial charge in [-0.3, -0.25) is 19.2 Å². The van der Waals surface area contributed by atoms with E-state index < -0.39 is 17.1 Å². The maximum atomic E-state index is 13.5. The molecule has 0 atom stereocenters. The van der Waals surface area contributed by atoms with Crippen molar-refractivity contribution in [3.05, 3.63) is 42.0 Å². The largest absolute Gasteiger partial charge is 0.455 e. The summed E-state index contributed by atoms with van der Waals surface area (Å²) in [7, 11) is 0. The normalized spacial score (nSPS) is 18.1. The Morgan fingerprint density at radius 3 is 2.37 bits per heavy atom. The molecule has 1 fully saturated rings. The molecular formula is C23H30N4O3. The number of fused-ring (bicyclic) bond motifs is 3. The number of imidazole rings is 1. The highest BCUT2D eigenvalue weighted by Gasteiger charge is 2.45. The molecule has 1 aromatic heterocycles. The van der Waals surface area contributed by atoms with Gasteiger partial charge in [0, 0.05) is 0 Å². The number of carbonyl (C=O) groups excluding carboxylic acids is 2. The standard InChI is InChI=1S/C23H30N4O3/c1-22(2,3)30-21(29)19-20-23(4,5)27(18(28)14-25-12-8-9-13-25)17-11-7-6-10-16(17)26(20)15-24-19/h6-7,10-11,15H,8-9,12-14H2,1-5H3. The van der Waals surface area contributed by atoms with Gasteiger partial charge in [0.15, 0.2) is 5.69 Å². The van der Waals surface area contributed by atoms with E-state index in [9.17, 15) is 9.59 Å². The highest BCUT2D eigenvalue weighted by atomic mass is 16.6. The third-order valence-electron chi connectivity index (χ3n) is 5.69. The van der Waals surface area contributed by atoms with E-state index in [0.717, 1.165) is 37.3 Å². The van der Waals surface area contributed by atoms with Crippen molar-refractivity contribution in [1.82, 2.24) is 14.5 Å². The summed E-state index contributed by atoms with van der Waals surface area (Å²) in [6.45, 7) is 11.7. The number of amides is 1. The molecule has 7 heteroatoms. The number of nitrogens with zero attached hydrogens (tertiary/aromatic N) is 4. The topological polar surface area (TPSA) is 67.7 Å². The molecule has 0 saturated carbocycles. The minimum Gasteiger partial charge on any atom is -0.455 e. The van der Waals surface area contributed by atoms with Crippen LogP contribution in [0.2, 0.25) is 0 Å². The Hall–Kier alpha value is -2.67. The fraction of sp³-hybridized carbons (Fsp3) is 0.522. The van der Waals surface area contributed by atoms with Gasteiger partial charge in [0.25, 0.3) is 0 Å². The summed E-state index contributed by atoms with van der Waals surface area (Å²) in [5.74, 6) is -0.451. The number of esters is 1. The average Bonchev–Trinajstić information content (AvgIpc) is 3.30. The molecule has 0 radical (unpaired) electrons. The molecule has 7 nitrogen and oxygen atoms in total. The molecule has 30 heavy (non-hydrogen) atoms. The number of para-hydroxylation sites is 2. The SMILES string of the molecule is CC(C)(C)OC(=O)c1ncn2c1C(C)(C)N(C(=O)CN1CCCC1)c1ccccc1-2. The lowest BCUT2D eigenvalue weighted by Gasteiger charge is -2.44. The van der Waals surface area contributed by atoms with Crippen molar-refractivity contribution in [3.63, 3.8) is 0 Å². The Bertz CT molecular complexity index is 981. The first kappa shape index (κ1) is 20.6. The van der Waals surface area contributed by atoms with Crippen molar-refractivity contribution in [2.24, 2.45) is 0 Å². The quantitative estimate of drug-likeness (QED) is 0.725. The number of hydrogen-bond acceptors (Lipinski definition) is 5. The molecule has 0 bridgehead atoms. The molecule has 2 aliphatic heterocycles. The zero-order valence-corrected chi connectivity index (χ0v) is 18.4. The molecule has 0 unspecified atom stereocenters. The molecule has 2 aromatic rings. The first-order valence-corrected chi connectivity index (χ1v) is 10.6. The first-order valence-electron chi connectivity index (χ1n) is 10.6. The Labute approximate surface area is 177 Å². The van der Waals surface area contributed by atoms with Crippen LogP contribution in [0, 0.1) is 0 Å². The van der Waals surface area contributed by atoms with Crippen LogP contribution >= 0.6 is 0 Å². The third kappa shape index (κ3) is 3.51. The molecule has 1 aromatic carbocycles. The van der Waals surface area contributed by atoms with Crippen molar-refractivity contribution in [2.75, 3.05) is 24.5 Å². The summed E-state index contributed by atoms with van der Waals surface area (Å²) in [5, 5.41) is 0. The highest BCUT2D eigenvalue weighted by molar-refractivity contribution is 6.00. The Kier molecular flexibility index (Phi) is 4.97. The van der Waals surface area contributed by atoms with E-state index in [1.54, 1.807) is 6.33 Å². The van der Waals surface area contributed by atoms with Gasteiger partial charge >= 0.3 is 5.97 Å². The van der Waals surface area contributed by atoms with Crippen LogP contribution < -0.4 is 4.90 Å². The number of ether oxygens (including phenoxy) is 1. The van der Waals surface area contributed by atoms with Crippen molar-refractivity contribution in [1.29, 1.82) is 0 Å². The van der Waals surface area contributed by atoms with Crippen LogP contribution in [0.15, 0.2) is 30.6 Å². The van der Waals surface area contributed by atoms with E-state index in [2.05, 4.69) is 9.88 Å². The van der Waals surface area contributed by atoms with Crippen molar-refractivity contribution in [2.45, 2.75) is 58.6 Å². The number of benzene rings is 1. The van der Waals surface area contributed by atoms with E-state index >= 15 is 0 Å². The molecule has 1 amide bonds. The molecular weight excluding hydrogens is 380 g/mol. The van der Waals surface area contributed by atoms with Gasteiger partial charge in [0.05, 0.1) is 29.2 Å². The van der Waals surface area contributed by atoms with Gasteiger partial charge in [0.2, 0.25) is 5.91 Å². The van der Waals surface area contributed by atoms with E-state index in [4.69, 9.17) is 4.74 Å². The molecule has 4 rings (SSSR count). The van der Waals surface area contributed by atoms with Crippen LogP contribution in [0.25, 0.3) is 5.69 Å². The maximum absolute atomic E-state index is 13.5. The van der Waals surface area contributed by atoms with Crippen LogP contribution in [-0.2, 0) is 15.1 Å². The Morgan fingerprint density at radius 1 is 1.10 bits per heavy atom. The number of carbonyl (C=O) groups is 2. The number of hydrogen-bond donors (Lipinski definition) is 0. The molecule has 160 valence electrons. The number of rotatable bonds is 3. The summed E-state index contributed by atoms with van der Waals surface area (Å²) < 4.78 is 7.52. The monoisotopic (exact) mass is 410 g/mol. The van der Waals surface area contributed by atoms with Gasteiger partial charge in [-0.15, -0.1) is 0 Å². The third-order valence-corrected chi connectivity index (χ3v) is 5.69. The predicted octanol–water partition coefficient (Wildman–Crippen LogP) is 3.51. The number of likely N-dealkylation sites (tertiary alicyclic amines) is 1. The fourth-order valence-corrected chi connectivity index (χ4v) is 4.50. The van der Waals surface area contributed by atoms with Gasteiger partial charge < -0.3 is 4.74 Å². The van der Waals surface area contributed by atoms with Crippen LogP contribution in [-0.4, -0.2) is 51.6 Å². The molecule has 0 spiro atoms. The zero-order chi connectivity index (χ0) is 21.7. The number of anilines is 1. The lowest BCUT2D eigenvalue weighted by atomic mass is 9.91. The van der Waals surface area contributed by atoms with Crippen LogP contribution in [0.5, 0.6) is 0 Å². The molecule has 0 aliphatic carbocycles. The second-order valence-electron chi connectivity index (χ2n) is 9.57. The first-order chi connectivity index (χ1) is 14.1. The van der Waals surface area contributed by atoms with Gasteiger partial charge in [-0.1, -0.05) is 12.1 Å². The second kappa shape index (κ2) is 7.23. The van der Waals surface area contributed by atoms with Crippen LogP contribution in [0.3, 0.4) is 0 Å². The minimum absolute atomic E-state index is 0.0249. The van der Waals surface area contributed by atoms with Crippen LogP contribution in [0.4, 0.5) is 5.69 Å². The van der Waals surface area contributed by atoms with Crippen molar-refractivity contribution in [3.8, 4) is 5.69 Å². The van der Waals surface area contributed by atoms with E-state index in [0.29, 0.717) is 12.2 Å². The predicted molar refractivity (Wildman–Crippen MR) is 115 cm³/mol. The average molecular weight is 411 g/mol. The van der Waals surface area contributed by atoms with Gasteiger partial charge in [-0.2, -0.15) is 0 Å². The van der Waals surface area contributed by atoms with E-state index in [-0.39, 0.29) is 11.6 Å². The summed E-state index contributed by atoms with van der Waals surface area (Å²) in [6, 6.07) is 7.76. The summed E-state index contributed by atoms with van der Waals surface area (Å²) in [6.07, 6.45) is 3.91. The minimum atomic E-state index is -0.770. The van der Waals surface area contributed by atoms with Crippen LogP contribution in [0.1, 0.15) is 63.6 Å². The summed E-state index contributed by atoms with van der Waals surface area (Å²) in [4.78, 5) is 34.9. The van der Waals surface area contributed by atoms with Crippen molar-refractivity contribution < 1.29 is 14.3 Å². The van der Waals surface area contributed by atoms with E-state index in [1.807, 2.05) is 68.4 Å². The molecule has 2 aliphatic rings. The van der Waals surface area contributed by atoms with Gasteiger partial charge in [-0.05, 0) is 72.7 Å². The molecule has 0 N–H and O–H groups in total. The van der Waals surface area contributed by atoms with Crippen molar-refractivity contribution >= 4 is 17.6 Å². The summed E-state index contributed by atoms with van der Waals surface area (Å²) in [5.41, 5.74) is 1.19. The zero-order valence-electron chi connectivity index (χ0n) is 18.4. The molecule has 1 saturated heterocycles. The van der Waals surface area contributed by atoms with Gasteiger partial charge in [-0.25, -0.2) is 9.78 Å². The summed E-state index contributed by atoms with van der Waals surface area (Å²) >= 11 is 0. The maximum Gasteiger partial charge on any atom is 0.359 e. The lowest BCUT2D eigenvalue weighted by Crippen LogP contribution is -2.53. The van der Waals surface area contributed by atoms with Gasteiger partial charge in [0.1, 0.15) is 11.9 Å². The molecule has 3 heterocycles. The smallest absolute Gasteiger partial charge is 0.359 e.